The monoisotopic (exact) mass is 301 g/mol. The van der Waals surface area contributed by atoms with E-state index in [9.17, 15) is 9.90 Å². The molecule has 0 heterocycles. The second kappa shape index (κ2) is 8.58. The molecule has 18 heavy (non-hydrogen) atoms. The number of benzene rings is 1. The van der Waals surface area contributed by atoms with Gasteiger partial charge in [-0.2, -0.15) is 0 Å². The van der Waals surface area contributed by atoms with Crippen LogP contribution in [0.25, 0.3) is 0 Å². The summed E-state index contributed by atoms with van der Waals surface area (Å²) < 4.78 is 15.4. The van der Waals surface area contributed by atoms with Crippen molar-refractivity contribution < 1.29 is 38.0 Å². The molecule has 0 radical (unpaired) electrons. The summed E-state index contributed by atoms with van der Waals surface area (Å²) in [5, 5.41) is 20.5. The van der Waals surface area contributed by atoms with E-state index in [4.69, 9.17) is 18.9 Å². The zero-order chi connectivity index (χ0) is 14.1. The molecule has 8 heteroatoms. The molecule has 0 saturated carbocycles. The quantitative estimate of drug-likeness (QED) is 0.489. The van der Waals surface area contributed by atoms with Crippen LogP contribution < -0.4 is 11.1 Å². The molecule has 0 bridgehead atoms. The van der Waals surface area contributed by atoms with Crippen molar-refractivity contribution in [3.8, 4) is 5.75 Å². The van der Waals surface area contributed by atoms with E-state index in [1.165, 1.54) is 12.1 Å². The van der Waals surface area contributed by atoms with E-state index >= 15 is 0 Å². The summed E-state index contributed by atoms with van der Waals surface area (Å²) in [7, 11) is 3.46. The molecule has 7 nitrogen and oxygen atoms in total. The SMILES string of the molecule is [CH2-]Nc1cc(O)ccc1CC(N)C(=O)O.[O]=[Co][OH]. The van der Waals surface area contributed by atoms with Gasteiger partial charge in [-0.15, -0.1) is 0 Å². The van der Waals surface area contributed by atoms with E-state index in [0.29, 0.717) is 11.3 Å². The van der Waals surface area contributed by atoms with Crippen LogP contribution >= 0.6 is 0 Å². The number of nitrogens with one attached hydrogen (secondary N) is 1. The number of carboxylic acids is 1. The molecule has 104 valence electrons. The molecule has 0 aliphatic carbocycles. The Kier molecular flexibility index (Phi) is 7.88. The van der Waals surface area contributed by atoms with Crippen LogP contribution in [0.15, 0.2) is 18.2 Å². The van der Waals surface area contributed by atoms with Crippen molar-refractivity contribution in [3.63, 3.8) is 0 Å². The summed E-state index contributed by atoms with van der Waals surface area (Å²) in [4.78, 5) is 10.6. The van der Waals surface area contributed by atoms with E-state index in [-0.39, 0.29) is 12.2 Å². The van der Waals surface area contributed by atoms with Gasteiger partial charge in [-0.1, -0.05) is 6.07 Å². The number of aromatic hydroxyl groups is 1. The molecule has 0 aromatic heterocycles. The maximum atomic E-state index is 10.6. The third kappa shape index (κ3) is 5.73. The molecule has 0 fully saturated rings. The third-order valence-electron chi connectivity index (χ3n) is 2.04. The summed E-state index contributed by atoms with van der Waals surface area (Å²) in [6.07, 6.45) is 0.188. The second-order valence-electron chi connectivity index (χ2n) is 3.23. The van der Waals surface area contributed by atoms with Gasteiger partial charge in [-0.3, -0.25) is 11.8 Å². The molecule has 0 amide bonds. The molecule has 6 N–H and O–H groups in total. The molecule has 0 saturated heterocycles. The van der Waals surface area contributed by atoms with Crippen LogP contribution in [0.2, 0.25) is 0 Å². The fourth-order valence-electron chi connectivity index (χ4n) is 1.23. The minimum absolute atomic E-state index is 0.0915. The van der Waals surface area contributed by atoms with Gasteiger partial charge < -0.3 is 21.3 Å². The Bertz CT molecular complexity index is 413. The first kappa shape index (κ1) is 16.5. The average Bonchev–Trinajstić information content (AvgIpc) is 2.32. The molecular weight excluding hydrogens is 287 g/mol. The molecular formula is C10H14CoN2O5-. The Hall–Kier alpha value is -1.48. The summed E-state index contributed by atoms with van der Waals surface area (Å²) in [6.45, 7) is 0. The number of hydrogen-bond donors (Lipinski definition) is 5. The van der Waals surface area contributed by atoms with Gasteiger partial charge in [0, 0.05) is 18.2 Å². The van der Waals surface area contributed by atoms with Gasteiger partial charge in [0.15, 0.2) is 0 Å². The first-order chi connectivity index (χ1) is 8.46. The summed E-state index contributed by atoms with van der Waals surface area (Å²) in [5.74, 6) is -0.966. The molecule has 0 spiro atoms. The van der Waals surface area contributed by atoms with Gasteiger partial charge in [0.2, 0.25) is 0 Å². The zero-order valence-electron chi connectivity index (χ0n) is 9.29. The number of aliphatic carboxylic acids is 1. The van der Waals surface area contributed by atoms with Gasteiger partial charge in [0.05, 0.1) is 0 Å². The van der Waals surface area contributed by atoms with Crippen LogP contribution in [0.4, 0.5) is 5.69 Å². The topological polar surface area (TPSA) is 133 Å². The number of phenols is 1. The van der Waals surface area contributed by atoms with Crippen LogP contribution in [0.1, 0.15) is 5.56 Å². The number of phenolic OH excluding ortho intramolecular Hbond substituents is 1. The van der Waals surface area contributed by atoms with Crippen LogP contribution in [-0.2, 0) is 30.0 Å². The minimum atomic E-state index is -1.06. The molecule has 1 atom stereocenters. The number of rotatable bonds is 4. The molecule has 1 unspecified atom stereocenters. The normalized spacial score (nSPS) is 11.3. The van der Waals surface area contributed by atoms with Gasteiger partial charge in [0.25, 0.3) is 0 Å². The molecule has 1 rings (SSSR count). The molecule has 1 aromatic rings. The Morgan fingerprint density at radius 2 is 2.11 bits per heavy atom. The number of carbonyl (C=O) groups is 1. The Morgan fingerprint density at radius 1 is 1.56 bits per heavy atom. The van der Waals surface area contributed by atoms with E-state index in [2.05, 4.69) is 12.4 Å². The van der Waals surface area contributed by atoms with Gasteiger partial charge in [0.1, 0.15) is 11.8 Å². The summed E-state index contributed by atoms with van der Waals surface area (Å²) in [6, 6.07) is 3.61. The Morgan fingerprint density at radius 3 is 2.56 bits per heavy atom. The first-order valence-electron chi connectivity index (χ1n) is 4.66. The van der Waals surface area contributed by atoms with Crippen molar-refractivity contribution in [2.45, 2.75) is 12.5 Å². The number of carboxylic acid groups (broad SMARTS) is 1. The number of nitrogens with two attached hydrogens (primary N) is 1. The predicted molar refractivity (Wildman–Crippen MR) is 59.3 cm³/mol. The maximum absolute atomic E-state index is 10.6. The summed E-state index contributed by atoms with van der Waals surface area (Å²) in [5.41, 5.74) is 6.68. The Balaban J connectivity index is 0.000000873. The standard InChI is InChI=1S/C10H13N2O3.Co.H2O.O/c1-12-9-5-7(13)3-2-6(9)4-8(11)10(14)15;;;/h2-3,5,8,12-13H,1,4,11H2,(H,14,15);;1H2;/q-1;+1;;/p-1. The van der Waals surface area contributed by atoms with Gasteiger partial charge in [-0.25, -0.2) is 0 Å². The number of anilines is 1. The average molecular weight is 301 g/mol. The molecule has 0 aliphatic rings. The first-order valence-corrected chi connectivity index (χ1v) is 5.55. The van der Waals surface area contributed by atoms with Crippen LogP contribution in [0.3, 0.4) is 0 Å². The van der Waals surface area contributed by atoms with E-state index in [1.54, 1.807) is 6.07 Å². The second-order valence-corrected chi connectivity index (χ2v) is 3.42. The van der Waals surface area contributed by atoms with Crippen molar-refractivity contribution >= 4 is 11.7 Å². The van der Waals surface area contributed by atoms with E-state index in [0.717, 1.165) is 0 Å². The van der Waals surface area contributed by atoms with Crippen LogP contribution in [0.5, 0.6) is 5.75 Å². The van der Waals surface area contributed by atoms with Crippen LogP contribution in [0, 0.1) is 7.05 Å². The molecule has 0 aliphatic heterocycles. The van der Waals surface area contributed by atoms with E-state index < -0.39 is 27.0 Å². The fourth-order valence-corrected chi connectivity index (χ4v) is 1.23. The van der Waals surface area contributed by atoms with Crippen molar-refractivity contribution in [1.82, 2.24) is 0 Å². The van der Waals surface area contributed by atoms with Crippen molar-refractivity contribution in [1.29, 1.82) is 0 Å². The third-order valence-corrected chi connectivity index (χ3v) is 2.04. The fraction of sp³-hybridized carbons (Fsp3) is 0.200. The van der Waals surface area contributed by atoms with Crippen molar-refractivity contribution in [2.75, 3.05) is 5.32 Å². The Labute approximate surface area is 110 Å². The van der Waals surface area contributed by atoms with Crippen molar-refractivity contribution in [2.24, 2.45) is 5.73 Å². The summed E-state index contributed by atoms with van der Waals surface area (Å²) >= 11 is -0.812. The van der Waals surface area contributed by atoms with Crippen LogP contribution in [-0.4, -0.2) is 26.4 Å². The van der Waals surface area contributed by atoms with E-state index in [1.807, 2.05) is 0 Å². The number of hydrogen-bond acceptors (Lipinski definition) is 5. The zero-order valence-corrected chi connectivity index (χ0v) is 10.3. The van der Waals surface area contributed by atoms with Gasteiger partial charge >= 0.3 is 29.0 Å². The molecule has 1 aromatic carbocycles. The van der Waals surface area contributed by atoms with Crippen molar-refractivity contribution in [3.05, 3.63) is 30.8 Å². The predicted octanol–water partition coefficient (Wildman–Crippen LogP) is -0.128. The van der Waals surface area contributed by atoms with Gasteiger partial charge in [-0.05, 0) is 11.6 Å².